The van der Waals surface area contributed by atoms with E-state index in [1.807, 2.05) is 45.3 Å². The van der Waals surface area contributed by atoms with Crippen LogP contribution in [0.15, 0.2) is 36.7 Å². The van der Waals surface area contributed by atoms with Crippen LogP contribution in [0.25, 0.3) is 16.7 Å². The van der Waals surface area contributed by atoms with Crippen molar-refractivity contribution in [1.82, 2.24) is 29.2 Å². The summed E-state index contributed by atoms with van der Waals surface area (Å²) in [4.78, 5) is 22.2. The summed E-state index contributed by atoms with van der Waals surface area (Å²) in [5, 5.41) is 28.9. The molecule has 10 nitrogen and oxygen atoms in total. The van der Waals surface area contributed by atoms with Crippen LogP contribution in [0.4, 0.5) is 11.6 Å². The molecule has 0 aliphatic carbocycles. The van der Waals surface area contributed by atoms with Crippen molar-refractivity contribution in [3.63, 3.8) is 0 Å². The number of anilines is 2. The average molecular weight is 496 g/mol. The molecule has 1 aliphatic heterocycles. The summed E-state index contributed by atoms with van der Waals surface area (Å²) in [6, 6.07) is 6.97. The van der Waals surface area contributed by atoms with E-state index in [2.05, 4.69) is 25.0 Å². The smallest absolute Gasteiger partial charge is 0.321 e. The van der Waals surface area contributed by atoms with Crippen LogP contribution in [0.3, 0.4) is 0 Å². The van der Waals surface area contributed by atoms with Gasteiger partial charge in [0.1, 0.15) is 6.04 Å². The van der Waals surface area contributed by atoms with E-state index in [0.29, 0.717) is 24.9 Å². The van der Waals surface area contributed by atoms with Gasteiger partial charge in [0.15, 0.2) is 5.82 Å². The van der Waals surface area contributed by atoms with Gasteiger partial charge in [-0.05, 0) is 32.0 Å². The Morgan fingerprint density at radius 2 is 2.09 bits per heavy atom. The van der Waals surface area contributed by atoms with E-state index in [4.69, 9.17) is 11.6 Å². The van der Waals surface area contributed by atoms with Crippen LogP contribution in [0, 0.1) is 13.8 Å². The lowest BCUT2D eigenvalue weighted by molar-refractivity contribution is -0.142. The SMILES string of the molecule is Cc1nn(-c2ccnc(Nc3ccc4c(c3)c(Cl)c(C)n4C)n2)cc1CN1C[C@H](O)C[C@H]1C(=O)O. The number of carboxylic acids is 1. The molecule has 1 aliphatic rings. The summed E-state index contributed by atoms with van der Waals surface area (Å²) < 4.78 is 3.71. The van der Waals surface area contributed by atoms with E-state index in [-0.39, 0.29) is 6.42 Å². The molecule has 4 heterocycles. The first-order valence-electron chi connectivity index (χ1n) is 11.3. The van der Waals surface area contributed by atoms with Gasteiger partial charge in [-0.3, -0.25) is 9.69 Å². The van der Waals surface area contributed by atoms with E-state index in [9.17, 15) is 15.0 Å². The fraction of sp³-hybridized carbons (Fsp3) is 0.333. The molecule has 2 atom stereocenters. The number of nitrogens with zero attached hydrogens (tertiary/aromatic N) is 6. The Hall–Kier alpha value is -3.47. The van der Waals surface area contributed by atoms with E-state index >= 15 is 0 Å². The normalized spacial score (nSPS) is 18.4. The van der Waals surface area contributed by atoms with Crippen molar-refractivity contribution in [3.05, 3.63) is 58.6 Å². The number of halogens is 1. The zero-order chi connectivity index (χ0) is 24.9. The number of benzene rings is 1. The Morgan fingerprint density at radius 3 is 2.86 bits per heavy atom. The maximum absolute atomic E-state index is 11.5. The largest absolute Gasteiger partial charge is 0.480 e. The van der Waals surface area contributed by atoms with Gasteiger partial charge in [-0.1, -0.05) is 11.6 Å². The fourth-order valence-electron chi connectivity index (χ4n) is 4.57. The molecule has 0 radical (unpaired) electrons. The molecule has 3 aromatic heterocycles. The maximum Gasteiger partial charge on any atom is 0.321 e. The highest BCUT2D eigenvalue weighted by Gasteiger charge is 2.36. The highest BCUT2D eigenvalue weighted by atomic mass is 35.5. The molecule has 1 fully saturated rings. The number of nitrogens with one attached hydrogen (secondary N) is 1. The molecule has 4 aromatic rings. The summed E-state index contributed by atoms with van der Waals surface area (Å²) in [7, 11) is 1.98. The van der Waals surface area contributed by atoms with E-state index in [1.54, 1.807) is 21.8 Å². The van der Waals surface area contributed by atoms with Crippen LogP contribution >= 0.6 is 11.6 Å². The van der Waals surface area contributed by atoms with Crippen LogP contribution in [-0.4, -0.2) is 64.1 Å². The molecule has 0 bridgehead atoms. The Balaban J connectivity index is 1.37. The zero-order valence-electron chi connectivity index (χ0n) is 19.6. The molecule has 0 amide bonds. The van der Waals surface area contributed by atoms with Gasteiger partial charge < -0.3 is 20.1 Å². The molecule has 0 saturated carbocycles. The van der Waals surface area contributed by atoms with Crippen molar-refractivity contribution in [3.8, 4) is 5.82 Å². The predicted octanol–water partition coefficient (Wildman–Crippen LogP) is 3.19. The van der Waals surface area contributed by atoms with Crippen LogP contribution in [0.5, 0.6) is 0 Å². The molecular formula is C24H26ClN7O3. The second kappa shape index (κ2) is 8.95. The number of aliphatic carboxylic acids is 1. The third-order valence-electron chi connectivity index (χ3n) is 6.59. The number of β-amino-alcohol motifs (C(OH)–C–C–N with tert-alkyl or cyclic N) is 1. The number of hydrogen-bond donors (Lipinski definition) is 3. The van der Waals surface area contributed by atoms with E-state index < -0.39 is 18.1 Å². The monoisotopic (exact) mass is 495 g/mol. The van der Waals surface area contributed by atoms with Crippen LogP contribution < -0.4 is 5.32 Å². The van der Waals surface area contributed by atoms with Crippen molar-refractivity contribution in [2.45, 2.75) is 39.0 Å². The standard InChI is InChI=1S/C24H26ClN7O3/c1-13-15(10-31-12-17(33)9-20(31)23(34)35)11-32(29-13)21-6-7-26-24(28-21)27-16-4-5-19-18(8-16)22(25)14(2)30(19)3/h4-8,11,17,20,33H,9-10,12H2,1-3H3,(H,34,35)(H,26,27,28)/t17-,20+/m1/s1. The predicted molar refractivity (Wildman–Crippen MR) is 132 cm³/mol. The molecule has 11 heteroatoms. The number of rotatable bonds is 6. The Kier molecular flexibility index (Phi) is 5.96. The Morgan fingerprint density at radius 1 is 1.29 bits per heavy atom. The number of carbonyl (C=O) groups is 1. The van der Waals surface area contributed by atoms with E-state index in [0.717, 1.165) is 38.6 Å². The second-order valence-corrected chi connectivity index (χ2v) is 9.29. The van der Waals surface area contributed by atoms with Crippen molar-refractivity contribution in [2.24, 2.45) is 7.05 Å². The third kappa shape index (κ3) is 4.36. The Bertz CT molecular complexity index is 1430. The summed E-state index contributed by atoms with van der Waals surface area (Å²) in [6.45, 7) is 4.55. The van der Waals surface area contributed by atoms with Crippen molar-refractivity contribution in [1.29, 1.82) is 0 Å². The lowest BCUT2D eigenvalue weighted by Crippen LogP contribution is -2.35. The minimum atomic E-state index is -0.928. The van der Waals surface area contributed by atoms with Gasteiger partial charge >= 0.3 is 5.97 Å². The number of fused-ring (bicyclic) bond motifs is 1. The molecule has 1 saturated heterocycles. The first-order valence-corrected chi connectivity index (χ1v) is 11.6. The number of aryl methyl sites for hydroxylation is 2. The molecule has 5 rings (SSSR count). The molecule has 0 spiro atoms. The zero-order valence-corrected chi connectivity index (χ0v) is 20.4. The maximum atomic E-state index is 11.5. The number of aromatic nitrogens is 5. The quantitative estimate of drug-likeness (QED) is 0.373. The van der Waals surface area contributed by atoms with Crippen molar-refractivity contribution in [2.75, 3.05) is 11.9 Å². The van der Waals surface area contributed by atoms with Gasteiger partial charge in [-0.2, -0.15) is 10.1 Å². The summed E-state index contributed by atoms with van der Waals surface area (Å²) in [6.07, 6.45) is 3.07. The average Bonchev–Trinajstić information content (AvgIpc) is 3.45. The lowest BCUT2D eigenvalue weighted by Gasteiger charge is -2.20. The van der Waals surface area contributed by atoms with Crippen LogP contribution in [0.2, 0.25) is 5.02 Å². The molecule has 35 heavy (non-hydrogen) atoms. The lowest BCUT2D eigenvalue weighted by atomic mass is 10.2. The van der Waals surface area contributed by atoms with Gasteiger partial charge in [-0.25, -0.2) is 9.67 Å². The van der Waals surface area contributed by atoms with E-state index in [1.165, 1.54) is 0 Å². The second-order valence-electron chi connectivity index (χ2n) is 8.91. The first kappa shape index (κ1) is 23.3. The van der Waals surface area contributed by atoms with Gasteiger partial charge in [0.25, 0.3) is 0 Å². The van der Waals surface area contributed by atoms with Gasteiger partial charge in [-0.15, -0.1) is 0 Å². The summed E-state index contributed by atoms with van der Waals surface area (Å²) >= 11 is 6.50. The van der Waals surface area contributed by atoms with Crippen molar-refractivity contribution >= 4 is 40.1 Å². The number of aliphatic hydroxyl groups is 1. The van der Waals surface area contributed by atoms with Gasteiger partial charge in [0.2, 0.25) is 5.95 Å². The van der Waals surface area contributed by atoms with Gasteiger partial charge in [0, 0.05) is 72.9 Å². The molecule has 3 N–H and O–H groups in total. The minimum absolute atomic E-state index is 0.225. The van der Waals surface area contributed by atoms with Gasteiger partial charge in [0.05, 0.1) is 16.8 Å². The highest BCUT2D eigenvalue weighted by Crippen LogP contribution is 2.32. The molecule has 1 aromatic carbocycles. The molecule has 182 valence electrons. The van der Waals surface area contributed by atoms with Crippen LogP contribution in [-0.2, 0) is 18.4 Å². The fourth-order valence-corrected chi connectivity index (χ4v) is 4.85. The molecule has 0 unspecified atom stereocenters. The van der Waals surface area contributed by atoms with Crippen molar-refractivity contribution < 1.29 is 15.0 Å². The minimum Gasteiger partial charge on any atom is -0.480 e. The third-order valence-corrected chi connectivity index (χ3v) is 7.06. The topological polar surface area (TPSA) is 121 Å². The first-order chi connectivity index (χ1) is 16.7. The summed E-state index contributed by atoms with van der Waals surface area (Å²) in [5.41, 5.74) is 4.50. The number of likely N-dealkylation sites (tertiary alicyclic amines) is 1. The summed E-state index contributed by atoms with van der Waals surface area (Å²) in [5.74, 6) is 0.0555. The Labute approximate surface area is 206 Å². The molecular weight excluding hydrogens is 470 g/mol. The number of carboxylic acid groups (broad SMARTS) is 1. The highest BCUT2D eigenvalue weighted by molar-refractivity contribution is 6.36. The number of aliphatic hydroxyl groups excluding tert-OH is 1. The number of hydrogen-bond acceptors (Lipinski definition) is 7. The van der Waals surface area contributed by atoms with Crippen LogP contribution in [0.1, 0.15) is 23.4 Å².